The van der Waals surface area contributed by atoms with E-state index in [1.807, 2.05) is 6.07 Å². The second-order valence-electron chi connectivity index (χ2n) is 10.5. The predicted molar refractivity (Wildman–Crippen MR) is 143 cm³/mol. The van der Waals surface area contributed by atoms with E-state index in [1.54, 1.807) is 12.4 Å². The lowest BCUT2D eigenvalue weighted by Gasteiger charge is -2.39. The standard InChI is InChI=1S/C26H31ClN8O3/c1-14-4-6-17(7-5-14)13-35-21-20(18-10-19(27)12-28-11-18)29-23(24-32-33-26(36)38-24)30-22(21)31-25(35)34-8-9-37-16(3)15(34)2/h10-12,14-17H,4-9,13H2,1-3H3,(H,33,36)/t14?,15-,16+,17?/m1/s1. The Morgan fingerprint density at radius 1 is 1.11 bits per heavy atom. The second-order valence-corrected chi connectivity index (χ2v) is 11.0. The van der Waals surface area contributed by atoms with Crippen molar-refractivity contribution in [3.05, 3.63) is 34.0 Å². The largest absolute Gasteiger partial charge is 0.434 e. The Balaban J connectivity index is 1.58. The van der Waals surface area contributed by atoms with E-state index < -0.39 is 5.76 Å². The summed E-state index contributed by atoms with van der Waals surface area (Å²) < 4.78 is 13.4. The lowest BCUT2D eigenvalue weighted by molar-refractivity contribution is 0.0274. The maximum Gasteiger partial charge on any atom is 0.434 e. The van der Waals surface area contributed by atoms with E-state index in [0.717, 1.165) is 36.0 Å². The number of pyridine rings is 1. The molecule has 5 heterocycles. The van der Waals surface area contributed by atoms with Gasteiger partial charge in [-0.15, -0.1) is 5.10 Å². The lowest BCUT2D eigenvalue weighted by atomic mass is 9.83. The summed E-state index contributed by atoms with van der Waals surface area (Å²) >= 11 is 6.35. The maximum absolute atomic E-state index is 11.7. The Morgan fingerprint density at radius 2 is 1.92 bits per heavy atom. The minimum absolute atomic E-state index is 0.00105. The molecule has 2 aliphatic rings. The molecule has 1 saturated heterocycles. The highest BCUT2D eigenvalue weighted by Gasteiger charge is 2.32. The number of aromatic nitrogens is 7. The number of fused-ring (bicyclic) bond motifs is 1. The van der Waals surface area contributed by atoms with Gasteiger partial charge < -0.3 is 18.6 Å². The molecule has 6 rings (SSSR count). The van der Waals surface area contributed by atoms with Crippen molar-refractivity contribution in [2.45, 2.75) is 65.1 Å². The van der Waals surface area contributed by atoms with E-state index >= 15 is 0 Å². The highest BCUT2D eigenvalue weighted by Crippen LogP contribution is 2.37. The molecule has 12 heteroatoms. The molecule has 1 aliphatic carbocycles. The van der Waals surface area contributed by atoms with Crippen molar-refractivity contribution in [3.63, 3.8) is 0 Å². The molecule has 0 bridgehead atoms. The Labute approximate surface area is 224 Å². The minimum atomic E-state index is -0.677. The molecular weight excluding hydrogens is 508 g/mol. The Bertz CT molecular complexity index is 1510. The summed E-state index contributed by atoms with van der Waals surface area (Å²) in [6, 6.07) is 1.94. The van der Waals surface area contributed by atoms with Crippen LogP contribution in [0.25, 0.3) is 34.1 Å². The van der Waals surface area contributed by atoms with Gasteiger partial charge in [0.2, 0.25) is 11.8 Å². The quantitative estimate of drug-likeness (QED) is 0.395. The fourth-order valence-corrected chi connectivity index (χ4v) is 5.74. The molecule has 0 aromatic carbocycles. The Hall–Kier alpha value is -3.31. The van der Waals surface area contributed by atoms with Gasteiger partial charge in [0.1, 0.15) is 11.2 Å². The van der Waals surface area contributed by atoms with Gasteiger partial charge in [0.25, 0.3) is 5.89 Å². The number of anilines is 1. The van der Waals surface area contributed by atoms with E-state index in [2.05, 4.69) is 45.4 Å². The zero-order valence-corrected chi connectivity index (χ0v) is 22.5. The first-order valence-electron chi connectivity index (χ1n) is 13.2. The molecule has 1 N–H and O–H groups in total. The lowest BCUT2D eigenvalue weighted by Crippen LogP contribution is -2.49. The first kappa shape index (κ1) is 25.0. The number of ether oxygens (including phenoxy) is 1. The molecule has 200 valence electrons. The third kappa shape index (κ3) is 4.69. The van der Waals surface area contributed by atoms with Crippen LogP contribution in [0.1, 0.15) is 46.5 Å². The number of halogens is 1. The number of nitrogens with one attached hydrogen (secondary N) is 1. The van der Waals surface area contributed by atoms with Gasteiger partial charge in [0.05, 0.1) is 23.8 Å². The number of rotatable bonds is 5. The van der Waals surface area contributed by atoms with Crippen LogP contribution in [-0.4, -0.2) is 60.0 Å². The summed E-state index contributed by atoms with van der Waals surface area (Å²) in [5.41, 5.74) is 2.64. The summed E-state index contributed by atoms with van der Waals surface area (Å²) in [6.45, 7) is 8.73. The van der Waals surface area contributed by atoms with Crippen LogP contribution in [0.15, 0.2) is 27.7 Å². The zero-order valence-electron chi connectivity index (χ0n) is 21.7. The van der Waals surface area contributed by atoms with Gasteiger partial charge in [-0.1, -0.05) is 31.4 Å². The highest BCUT2D eigenvalue weighted by molar-refractivity contribution is 6.30. The summed E-state index contributed by atoms with van der Waals surface area (Å²) in [4.78, 5) is 32.9. The van der Waals surface area contributed by atoms with Crippen molar-refractivity contribution in [2.75, 3.05) is 18.1 Å². The Morgan fingerprint density at radius 3 is 2.66 bits per heavy atom. The van der Waals surface area contributed by atoms with Crippen LogP contribution in [0.3, 0.4) is 0 Å². The van der Waals surface area contributed by atoms with E-state index in [1.165, 1.54) is 25.7 Å². The molecule has 38 heavy (non-hydrogen) atoms. The molecule has 0 spiro atoms. The minimum Gasteiger partial charge on any atom is -0.384 e. The number of morpholine rings is 1. The molecule has 4 aromatic rings. The SMILES string of the molecule is CC1CCC(Cn2c(N3CCO[C@@H](C)[C@H]3C)nc3nc(-c4n[nH]c(=O)o4)nc(-c4cncc(Cl)c4)c32)CC1. The number of hydrogen-bond acceptors (Lipinski definition) is 9. The van der Waals surface area contributed by atoms with Gasteiger partial charge in [0.15, 0.2) is 5.65 Å². The number of H-pyrrole nitrogens is 1. The van der Waals surface area contributed by atoms with E-state index in [9.17, 15) is 4.79 Å². The van der Waals surface area contributed by atoms with E-state index in [0.29, 0.717) is 28.9 Å². The topological polar surface area (TPSA) is 128 Å². The van der Waals surface area contributed by atoms with E-state index in [-0.39, 0.29) is 23.9 Å². The van der Waals surface area contributed by atoms with Crippen molar-refractivity contribution in [1.29, 1.82) is 0 Å². The maximum atomic E-state index is 11.7. The normalized spacial score (nSPS) is 24.3. The van der Waals surface area contributed by atoms with Gasteiger partial charge in [0, 0.05) is 31.0 Å². The van der Waals surface area contributed by atoms with Gasteiger partial charge in [-0.05, 0) is 44.6 Å². The van der Waals surface area contributed by atoms with Crippen molar-refractivity contribution in [2.24, 2.45) is 11.8 Å². The second kappa shape index (κ2) is 10.1. The van der Waals surface area contributed by atoms with Crippen molar-refractivity contribution >= 4 is 28.7 Å². The third-order valence-corrected chi connectivity index (χ3v) is 8.11. The number of aromatic amines is 1. The highest BCUT2D eigenvalue weighted by atomic mass is 35.5. The number of nitrogens with zero attached hydrogens (tertiary/aromatic N) is 7. The first-order valence-corrected chi connectivity index (χ1v) is 13.6. The molecular formula is C26H31ClN8O3. The molecule has 0 unspecified atom stereocenters. The monoisotopic (exact) mass is 538 g/mol. The zero-order chi connectivity index (χ0) is 26.4. The van der Waals surface area contributed by atoms with Crippen LogP contribution < -0.4 is 10.7 Å². The van der Waals surface area contributed by atoms with Crippen LogP contribution in [0, 0.1) is 11.8 Å². The molecule has 0 amide bonds. The average Bonchev–Trinajstić information content (AvgIpc) is 3.50. The smallest absolute Gasteiger partial charge is 0.384 e. The number of hydrogen-bond donors (Lipinski definition) is 1. The molecule has 11 nitrogen and oxygen atoms in total. The van der Waals surface area contributed by atoms with E-state index in [4.69, 9.17) is 35.7 Å². The van der Waals surface area contributed by atoms with Gasteiger partial charge in [-0.2, -0.15) is 4.98 Å². The van der Waals surface area contributed by atoms with Crippen molar-refractivity contribution in [3.8, 4) is 23.0 Å². The fourth-order valence-electron chi connectivity index (χ4n) is 5.57. The summed E-state index contributed by atoms with van der Waals surface area (Å²) in [5.74, 6) is 1.60. The third-order valence-electron chi connectivity index (χ3n) is 7.91. The molecule has 2 atom stereocenters. The summed E-state index contributed by atoms with van der Waals surface area (Å²) in [6.07, 6.45) is 8.14. The number of imidazole rings is 1. The predicted octanol–water partition coefficient (Wildman–Crippen LogP) is 4.32. The molecule has 0 radical (unpaired) electrons. The molecule has 4 aromatic heterocycles. The summed E-state index contributed by atoms with van der Waals surface area (Å²) in [5, 5.41) is 6.73. The van der Waals surface area contributed by atoms with Crippen molar-refractivity contribution < 1.29 is 9.15 Å². The average molecular weight is 539 g/mol. The van der Waals surface area contributed by atoms with Crippen LogP contribution in [-0.2, 0) is 11.3 Å². The van der Waals surface area contributed by atoms with Gasteiger partial charge in [-0.3, -0.25) is 4.98 Å². The van der Waals surface area contributed by atoms with Crippen LogP contribution in [0.4, 0.5) is 5.95 Å². The summed E-state index contributed by atoms with van der Waals surface area (Å²) in [7, 11) is 0. The van der Waals surface area contributed by atoms with Crippen LogP contribution in [0.2, 0.25) is 5.02 Å². The molecule has 1 aliphatic heterocycles. The van der Waals surface area contributed by atoms with Gasteiger partial charge >= 0.3 is 5.76 Å². The fraction of sp³-hybridized carbons (Fsp3) is 0.538. The van der Waals surface area contributed by atoms with Gasteiger partial charge in [-0.25, -0.2) is 19.9 Å². The van der Waals surface area contributed by atoms with Crippen LogP contribution in [0.5, 0.6) is 0 Å². The first-order chi connectivity index (χ1) is 18.4. The van der Waals surface area contributed by atoms with Crippen LogP contribution >= 0.6 is 11.6 Å². The molecule has 1 saturated carbocycles. The van der Waals surface area contributed by atoms with Crippen molar-refractivity contribution in [1.82, 2.24) is 34.7 Å². The molecule has 2 fully saturated rings. The Kier molecular flexibility index (Phi) is 6.65.